The zero-order valence-corrected chi connectivity index (χ0v) is 11.6. The third-order valence-corrected chi connectivity index (χ3v) is 4.84. The van der Waals surface area contributed by atoms with Crippen molar-refractivity contribution in [2.24, 2.45) is 0 Å². The summed E-state index contributed by atoms with van der Waals surface area (Å²) in [6.07, 6.45) is 0. The summed E-state index contributed by atoms with van der Waals surface area (Å²) in [7, 11) is -3.75. The van der Waals surface area contributed by atoms with Gasteiger partial charge in [0.2, 0.25) is 0 Å². The molecule has 0 spiro atoms. The van der Waals surface area contributed by atoms with Crippen LogP contribution in [0.2, 0.25) is 0 Å². The van der Waals surface area contributed by atoms with Gasteiger partial charge in [-0.3, -0.25) is 0 Å². The SMILES string of the molecule is C#[N+]C(c1ccc(F)cc1)S(=O)(=O)c1ccc(C)cc1. The number of sulfone groups is 1. The second-order valence-electron chi connectivity index (χ2n) is 4.41. The maximum absolute atomic E-state index is 12.9. The summed E-state index contributed by atoms with van der Waals surface area (Å²) in [6, 6.07) is 11.5. The molecule has 0 aliphatic rings. The lowest BCUT2D eigenvalue weighted by Crippen LogP contribution is -2.10. The number of benzene rings is 2. The average molecular weight is 290 g/mol. The molecule has 2 rings (SSSR count). The first-order chi connectivity index (χ1) is 9.45. The number of rotatable bonds is 3. The lowest BCUT2D eigenvalue weighted by atomic mass is 10.2. The summed E-state index contributed by atoms with van der Waals surface area (Å²) in [5.74, 6) is -0.447. The van der Waals surface area contributed by atoms with Crippen molar-refractivity contribution in [3.8, 4) is 6.57 Å². The lowest BCUT2D eigenvalue weighted by Gasteiger charge is -2.05. The van der Waals surface area contributed by atoms with Gasteiger partial charge in [-0.1, -0.05) is 22.5 Å². The van der Waals surface area contributed by atoms with E-state index in [4.69, 9.17) is 6.57 Å². The number of nitrogens with zero attached hydrogens (tertiary/aromatic N) is 1. The van der Waals surface area contributed by atoms with Crippen molar-refractivity contribution < 1.29 is 12.8 Å². The minimum atomic E-state index is -3.75. The second kappa shape index (κ2) is 5.43. The Hall–Kier alpha value is -2.19. The fourth-order valence-corrected chi connectivity index (χ4v) is 3.28. The summed E-state index contributed by atoms with van der Waals surface area (Å²) >= 11 is 0. The standard InChI is InChI=1S/C15H13FNO2S/c1-11-3-9-14(10-4-11)20(18,19)15(17-2)12-5-7-13(16)8-6-12/h2-10,15H,1H3/q+1. The van der Waals surface area contributed by atoms with E-state index in [1.165, 1.54) is 36.4 Å². The largest absolute Gasteiger partial charge is 0.397 e. The molecule has 3 nitrogen and oxygen atoms in total. The Morgan fingerprint density at radius 2 is 1.60 bits per heavy atom. The molecule has 5 heteroatoms. The molecule has 102 valence electrons. The molecule has 1 atom stereocenters. The van der Waals surface area contributed by atoms with E-state index in [1.807, 2.05) is 6.92 Å². The normalized spacial score (nSPS) is 12.7. The zero-order chi connectivity index (χ0) is 14.8. The van der Waals surface area contributed by atoms with Crippen molar-refractivity contribution in [1.29, 1.82) is 0 Å². The molecule has 0 aliphatic carbocycles. The van der Waals surface area contributed by atoms with Crippen LogP contribution in [-0.4, -0.2) is 8.42 Å². The van der Waals surface area contributed by atoms with Gasteiger partial charge in [0, 0.05) is 0 Å². The molecule has 0 aromatic heterocycles. The highest BCUT2D eigenvalue weighted by atomic mass is 32.2. The summed E-state index contributed by atoms with van der Waals surface area (Å²) < 4.78 is 37.9. The van der Waals surface area contributed by atoms with E-state index in [9.17, 15) is 12.8 Å². The number of hydrogen-bond acceptors (Lipinski definition) is 2. The van der Waals surface area contributed by atoms with Crippen LogP contribution in [0.4, 0.5) is 4.39 Å². The van der Waals surface area contributed by atoms with Crippen LogP contribution in [0.1, 0.15) is 16.5 Å². The van der Waals surface area contributed by atoms with Gasteiger partial charge in [0.25, 0.3) is 16.4 Å². The predicted octanol–water partition coefficient (Wildman–Crippen LogP) is 3.57. The molecule has 0 saturated heterocycles. The molecule has 0 N–H and O–H groups in total. The Balaban J connectivity index is 2.48. The molecular weight excluding hydrogens is 277 g/mol. The predicted molar refractivity (Wildman–Crippen MR) is 75.8 cm³/mol. The summed E-state index contributed by atoms with van der Waals surface area (Å²) in [4.78, 5) is 3.58. The number of aryl methyl sites for hydroxylation is 1. The summed E-state index contributed by atoms with van der Waals surface area (Å²) in [5.41, 5.74) is 1.28. The Morgan fingerprint density at radius 1 is 1.05 bits per heavy atom. The molecule has 0 bridgehead atoms. The van der Waals surface area contributed by atoms with Crippen LogP contribution in [0.25, 0.3) is 4.85 Å². The molecule has 0 aliphatic heterocycles. The van der Waals surface area contributed by atoms with Crippen LogP contribution in [0.3, 0.4) is 0 Å². The van der Waals surface area contributed by atoms with Crippen molar-refractivity contribution >= 4 is 9.84 Å². The Labute approximate surface area is 117 Å². The average Bonchev–Trinajstić information content (AvgIpc) is 2.42. The minimum absolute atomic E-state index is 0.131. The first kappa shape index (κ1) is 14.2. The van der Waals surface area contributed by atoms with Crippen molar-refractivity contribution in [1.82, 2.24) is 0 Å². The lowest BCUT2D eigenvalue weighted by molar-refractivity contribution is 0.589. The van der Waals surface area contributed by atoms with Crippen LogP contribution >= 0.6 is 0 Å². The van der Waals surface area contributed by atoms with E-state index >= 15 is 0 Å². The van der Waals surface area contributed by atoms with Gasteiger partial charge >= 0.3 is 5.37 Å². The smallest absolute Gasteiger partial charge is 0.215 e. The van der Waals surface area contributed by atoms with E-state index in [2.05, 4.69) is 4.85 Å². The molecule has 0 radical (unpaired) electrons. The van der Waals surface area contributed by atoms with E-state index in [1.54, 1.807) is 12.1 Å². The second-order valence-corrected chi connectivity index (χ2v) is 6.42. The molecule has 0 heterocycles. The van der Waals surface area contributed by atoms with Gasteiger partial charge < -0.3 is 0 Å². The molecule has 0 amide bonds. The molecular formula is C15H13FNO2S+. The van der Waals surface area contributed by atoms with E-state index in [-0.39, 0.29) is 4.90 Å². The maximum atomic E-state index is 12.9. The van der Waals surface area contributed by atoms with Crippen molar-refractivity contribution in [3.63, 3.8) is 0 Å². The summed E-state index contributed by atoms with van der Waals surface area (Å²) in [6.45, 7) is 7.11. The fourth-order valence-electron chi connectivity index (χ4n) is 1.83. The first-order valence-electron chi connectivity index (χ1n) is 5.91. The van der Waals surface area contributed by atoms with Crippen molar-refractivity contribution in [2.75, 3.05) is 0 Å². The van der Waals surface area contributed by atoms with Gasteiger partial charge in [-0.25, -0.2) is 12.8 Å². The minimum Gasteiger partial charge on any atom is -0.215 e. The maximum Gasteiger partial charge on any atom is 0.397 e. The van der Waals surface area contributed by atoms with Crippen LogP contribution < -0.4 is 0 Å². The molecule has 1 unspecified atom stereocenters. The highest BCUT2D eigenvalue weighted by Crippen LogP contribution is 2.30. The van der Waals surface area contributed by atoms with Gasteiger partial charge in [-0.2, -0.15) is 0 Å². The third kappa shape index (κ3) is 2.70. The van der Waals surface area contributed by atoms with Gasteiger partial charge in [0.05, 0.1) is 10.5 Å². The van der Waals surface area contributed by atoms with Gasteiger partial charge in [0.15, 0.2) is 0 Å². The molecule has 0 saturated carbocycles. The highest BCUT2D eigenvalue weighted by Gasteiger charge is 2.37. The highest BCUT2D eigenvalue weighted by molar-refractivity contribution is 7.91. The molecule has 2 aromatic rings. The Kier molecular flexibility index (Phi) is 3.86. The molecule has 2 aromatic carbocycles. The first-order valence-corrected chi connectivity index (χ1v) is 7.46. The van der Waals surface area contributed by atoms with E-state index in [0.717, 1.165) is 5.56 Å². The Bertz CT molecular complexity index is 744. The topological polar surface area (TPSA) is 38.5 Å². The third-order valence-electron chi connectivity index (χ3n) is 2.93. The molecule has 0 fully saturated rings. The number of halogens is 1. The van der Waals surface area contributed by atoms with E-state index < -0.39 is 21.0 Å². The van der Waals surface area contributed by atoms with Gasteiger partial charge in [-0.15, -0.1) is 0 Å². The van der Waals surface area contributed by atoms with Gasteiger partial charge in [0.1, 0.15) is 5.82 Å². The molecule has 20 heavy (non-hydrogen) atoms. The van der Waals surface area contributed by atoms with Gasteiger partial charge in [-0.05, 0) is 43.3 Å². The fraction of sp³-hybridized carbons (Fsp3) is 0.133. The van der Waals surface area contributed by atoms with Crippen LogP contribution in [0.15, 0.2) is 53.4 Å². The van der Waals surface area contributed by atoms with Crippen LogP contribution in [0.5, 0.6) is 0 Å². The van der Waals surface area contributed by atoms with E-state index in [0.29, 0.717) is 5.56 Å². The van der Waals surface area contributed by atoms with Crippen molar-refractivity contribution in [2.45, 2.75) is 17.2 Å². The summed E-state index contributed by atoms with van der Waals surface area (Å²) in [5, 5.41) is -1.24. The van der Waals surface area contributed by atoms with Crippen LogP contribution in [-0.2, 0) is 9.84 Å². The monoisotopic (exact) mass is 290 g/mol. The van der Waals surface area contributed by atoms with Crippen molar-refractivity contribution in [3.05, 3.63) is 70.3 Å². The van der Waals surface area contributed by atoms with Crippen LogP contribution in [0, 0.1) is 19.3 Å². The Morgan fingerprint density at radius 3 is 2.10 bits per heavy atom. The number of hydrogen-bond donors (Lipinski definition) is 0. The quantitative estimate of drug-likeness (QED) is 0.866. The zero-order valence-electron chi connectivity index (χ0n) is 10.8.